The first-order valence-electron chi connectivity index (χ1n) is 6.18. The summed E-state index contributed by atoms with van der Waals surface area (Å²) in [5.41, 5.74) is 0.267. The van der Waals surface area contributed by atoms with Crippen LogP contribution in [0.5, 0.6) is 0 Å². The van der Waals surface area contributed by atoms with Gasteiger partial charge in [0.15, 0.2) is 5.60 Å². The first kappa shape index (κ1) is 13.1. The van der Waals surface area contributed by atoms with Gasteiger partial charge in [-0.25, -0.2) is 0 Å². The van der Waals surface area contributed by atoms with Gasteiger partial charge in [-0.15, -0.1) is 0 Å². The van der Waals surface area contributed by atoms with Crippen molar-refractivity contribution in [3.63, 3.8) is 0 Å². The number of hydrogen-bond donors (Lipinski definition) is 1. The Morgan fingerprint density at radius 3 is 2.39 bits per heavy atom. The Morgan fingerprint density at radius 2 is 1.83 bits per heavy atom. The van der Waals surface area contributed by atoms with E-state index in [0.29, 0.717) is 31.9 Å². The number of carbonyl (C=O) groups excluding carboxylic acids is 1. The molecule has 18 heavy (non-hydrogen) atoms. The Kier molecular flexibility index (Phi) is 3.68. The molecule has 1 aliphatic heterocycles. The van der Waals surface area contributed by atoms with Gasteiger partial charge < -0.3 is 14.7 Å². The largest absolute Gasteiger partial charge is 0.378 e. The summed E-state index contributed by atoms with van der Waals surface area (Å²) in [6.07, 6.45) is 0. The molecule has 0 aromatic heterocycles. The van der Waals surface area contributed by atoms with Gasteiger partial charge in [0.1, 0.15) is 0 Å². The van der Waals surface area contributed by atoms with Crippen LogP contribution in [0, 0.1) is 6.92 Å². The summed E-state index contributed by atoms with van der Waals surface area (Å²) in [6, 6.07) is 7.40. The van der Waals surface area contributed by atoms with E-state index in [0.717, 1.165) is 5.56 Å². The fourth-order valence-corrected chi connectivity index (χ4v) is 2.08. The minimum atomic E-state index is -1.47. The highest BCUT2D eigenvalue weighted by Gasteiger charge is 2.36. The number of aryl methyl sites for hydroxylation is 1. The number of ether oxygens (including phenoxy) is 1. The summed E-state index contributed by atoms with van der Waals surface area (Å²) in [5.74, 6) is -0.255. The molecule has 0 aliphatic carbocycles. The summed E-state index contributed by atoms with van der Waals surface area (Å²) >= 11 is 0. The summed E-state index contributed by atoms with van der Waals surface area (Å²) in [4.78, 5) is 14.0. The van der Waals surface area contributed by atoms with Crippen LogP contribution < -0.4 is 0 Å². The van der Waals surface area contributed by atoms with Crippen molar-refractivity contribution in [1.82, 2.24) is 4.90 Å². The Bertz CT molecular complexity index is 419. The van der Waals surface area contributed by atoms with Crippen molar-refractivity contribution < 1.29 is 14.6 Å². The van der Waals surface area contributed by atoms with E-state index in [-0.39, 0.29) is 5.91 Å². The molecule has 98 valence electrons. The third-order valence-electron chi connectivity index (χ3n) is 3.33. The summed E-state index contributed by atoms with van der Waals surface area (Å²) in [7, 11) is 0. The number of carbonyl (C=O) groups is 1. The maximum absolute atomic E-state index is 12.3. The van der Waals surface area contributed by atoms with Crippen LogP contribution in [0.3, 0.4) is 0 Å². The van der Waals surface area contributed by atoms with E-state index in [9.17, 15) is 9.90 Å². The lowest BCUT2D eigenvalue weighted by atomic mass is 9.93. The minimum absolute atomic E-state index is 0.255. The molecule has 2 rings (SSSR count). The minimum Gasteiger partial charge on any atom is -0.378 e. The molecule has 1 aromatic carbocycles. The summed E-state index contributed by atoms with van der Waals surface area (Å²) in [5, 5.41) is 10.5. The van der Waals surface area contributed by atoms with Crippen molar-refractivity contribution in [3.05, 3.63) is 35.4 Å². The smallest absolute Gasteiger partial charge is 0.259 e. The van der Waals surface area contributed by atoms with Crippen molar-refractivity contribution in [2.24, 2.45) is 0 Å². The third kappa shape index (κ3) is 2.54. The van der Waals surface area contributed by atoms with Gasteiger partial charge in [-0.1, -0.05) is 29.8 Å². The van der Waals surface area contributed by atoms with E-state index in [1.807, 2.05) is 19.1 Å². The topological polar surface area (TPSA) is 49.8 Å². The van der Waals surface area contributed by atoms with E-state index in [1.54, 1.807) is 24.0 Å². The predicted octanol–water partition coefficient (Wildman–Crippen LogP) is 1.06. The lowest BCUT2D eigenvalue weighted by molar-refractivity contribution is -0.154. The quantitative estimate of drug-likeness (QED) is 0.852. The molecule has 1 aliphatic rings. The highest BCUT2D eigenvalue weighted by Crippen LogP contribution is 2.24. The molecular formula is C14H19NO3. The van der Waals surface area contributed by atoms with Gasteiger partial charge in [0.05, 0.1) is 13.2 Å². The molecule has 4 nitrogen and oxygen atoms in total. The van der Waals surface area contributed by atoms with Crippen molar-refractivity contribution in [3.8, 4) is 0 Å². The normalized spacial score (nSPS) is 19.4. The van der Waals surface area contributed by atoms with Gasteiger partial charge in [-0.05, 0) is 19.4 Å². The molecule has 1 heterocycles. The molecular weight excluding hydrogens is 230 g/mol. The van der Waals surface area contributed by atoms with E-state index in [4.69, 9.17) is 4.74 Å². The van der Waals surface area contributed by atoms with Gasteiger partial charge in [-0.3, -0.25) is 4.79 Å². The summed E-state index contributed by atoms with van der Waals surface area (Å²) < 4.78 is 5.21. The molecule has 4 heteroatoms. The number of benzene rings is 1. The number of nitrogens with zero attached hydrogens (tertiary/aromatic N) is 1. The Balaban J connectivity index is 2.18. The second-order valence-corrected chi connectivity index (χ2v) is 4.84. The molecule has 1 saturated heterocycles. The van der Waals surface area contributed by atoms with Crippen LogP contribution in [0.4, 0.5) is 0 Å². The molecule has 0 radical (unpaired) electrons. The standard InChI is InChI=1S/C14H19NO3/c1-11-3-5-12(6-4-11)14(2,17)13(16)15-7-9-18-10-8-15/h3-6,17H,7-10H2,1-2H3. The lowest BCUT2D eigenvalue weighted by Crippen LogP contribution is -2.49. The molecule has 0 saturated carbocycles. The van der Waals surface area contributed by atoms with E-state index >= 15 is 0 Å². The Hall–Kier alpha value is -1.39. The van der Waals surface area contributed by atoms with Gasteiger partial charge in [-0.2, -0.15) is 0 Å². The van der Waals surface area contributed by atoms with E-state index in [2.05, 4.69) is 0 Å². The third-order valence-corrected chi connectivity index (χ3v) is 3.33. The van der Waals surface area contributed by atoms with Gasteiger partial charge in [0.2, 0.25) is 0 Å². The first-order valence-corrected chi connectivity index (χ1v) is 6.18. The zero-order valence-corrected chi connectivity index (χ0v) is 10.8. The number of amides is 1. The average molecular weight is 249 g/mol. The molecule has 1 N–H and O–H groups in total. The first-order chi connectivity index (χ1) is 8.51. The molecule has 0 bridgehead atoms. The van der Waals surface area contributed by atoms with Crippen LogP contribution in [0.15, 0.2) is 24.3 Å². The van der Waals surface area contributed by atoms with Crippen molar-refractivity contribution in [2.75, 3.05) is 26.3 Å². The van der Waals surface area contributed by atoms with Crippen LogP contribution in [-0.4, -0.2) is 42.2 Å². The van der Waals surface area contributed by atoms with Crippen molar-refractivity contribution in [2.45, 2.75) is 19.4 Å². The lowest BCUT2D eigenvalue weighted by Gasteiger charge is -2.33. The maximum atomic E-state index is 12.3. The predicted molar refractivity (Wildman–Crippen MR) is 68.1 cm³/mol. The molecule has 1 atom stereocenters. The fourth-order valence-electron chi connectivity index (χ4n) is 2.08. The maximum Gasteiger partial charge on any atom is 0.259 e. The monoisotopic (exact) mass is 249 g/mol. The molecule has 1 amide bonds. The summed E-state index contributed by atoms with van der Waals surface area (Å²) in [6.45, 7) is 5.69. The highest BCUT2D eigenvalue weighted by molar-refractivity contribution is 5.86. The van der Waals surface area contributed by atoms with Gasteiger partial charge in [0, 0.05) is 13.1 Å². The van der Waals surface area contributed by atoms with Crippen molar-refractivity contribution >= 4 is 5.91 Å². The molecule has 1 unspecified atom stereocenters. The Morgan fingerprint density at radius 1 is 1.28 bits per heavy atom. The average Bonchev–Trinajstić information content (AvgIpc) is 2.39. The van der Waals surface area contributed by atoms with Gasteiger partial charge >= 0.3 is 0 Å². The Labute approximate surface area is 107 Å². The van der Waals surface area contributed by atoms with Crippen LogP contribution in [0.25, 0.3) is 0 Å². The number of aliphatic hydroxyl groups is 1. The fraction of sp³-hybridized carbons (Fsp3) is 0.500. The van der Waals surface area contributed by atoms with Crippen LogP contribution >= 0.6 is 0 Å². The molecule has 1 aromatic rings. The zero-order chi connectivity index (χ0) is 13.2. The molecule has 1 fully saturated rings. The SMILES string of the molecule is Cc1ccc(C(C)(O)C(=O)N2CCOCC2)cc1. The second kappa shape index (κ2) is 5.08. The number of rotatable bonds is 2. The van der Waals surface area contributed by atoms with E-state index < -0.39 is 5.60 Å². The van der Waals surface area contributed by atoms with Gasteiger partial charge in [0.25, 0.3) is 5.91 Å². The number of morpholine rings is 1. The number of hydrogen-bond acceptors (Lipinski definition) is 3. The van der Waals surface area contributed by atoms with Crippen LogP contribution in [0.2, 0.25) is 0 Å². The van der Waals surface area contributed by atoms with Crippen molar-refractivity contribution in [1.29, 1.82) is 0 Å². The van der Waals surface area contributed by atoms with Crippen LogP contribution in [-0.2, 0) is 15.1 Å². The van der Waals surface area contributed by atoms with Crippen LogP contribution in [0.1, 0.15) is 18.1 Å². The highest BCUT2D eigenvalue weighted by atomic mass is 16.5. The molecule has 0 spiro atoms. The zero-order valence-electron chi connectivity index (χ0n) is 10.8. The second-order valence-electron chi connectivity index (χ2n) is 4.84. The van der Waals surface area contributed by atoms with E-state index in [1.165, 1.54) is 0 Å².